The Kier molecular flexibility index (Phi) is 6.28. The summed E-state index contributed by atoms with van der Waals surface area (Å²) in [6, 6.07) is 64.8. The summed E-state index contributed by atoms with van der Waals surface area (Å²) in [6.45, 7) is 0. The molecule has 11 rings (SSSR count). The van der Waals surface area contributed by atoms with Crippen molar-refractivity contribution in [3.05, 3.63) is 182 Å². The molecule has 0 spiro atoms. The van der Waals surface area contributed by atoms with E-state index < -0.39 is 0 Å². The highest BCUT2D eigenvalue weighted by Crippen LogP contribution is 2.47. The number of benzene rings is 9. The van der Waals surface area contributed by atoms with Crippen LogP contribution in [0.1, 0.15) is 0 Å². The van der Waals surface area contributed by atoms with Gasteiger partial charge in [0.25, 0.3) is 0 Å². The van der Waals surface area contributed by atoms with Crippen molar-refractivity contribution >= 4 is 65.4 Å². The van der Waals surface area contributed by atoms with Crippen molar-refractivity contribution in [2.24, 2.45) is 0 Å². The lowest BCUT2D eigenvalue weighted by atomic mass is 9.89. The van der Waals surface area contributed by atoms with Crippen LogP contribution in [0.2, 0.25) is 0 Å². The van der Waals surface area contributed by atoms with Gasteiger partial charge in [0.15, 0.2) is 0 Å². The van der Waals surface area contributed by atoms with Crippen LogP contribution in [0.15, 0.2) is 191 Å². The zero-order chi connectivity index (χ0) is 34.2. The van der Waals surface area contributed by atoms with Crippen LogP contribution < -0.4 is 0 Å². The van der Waals surface area contributed by atoms with E-state index in [1.807, 2.05) is 0 Å². The minimum absolute atomic E-state index is 0.865. The Hall–Kier alpha value is -6.90. The molecule has 0 unspecified atom stereocenters. The van der Waals surface area contributed by atoms with Crippen molar-refractivity contribution in [3.63, 3.8) is 0 Å². The van der Waals surface area contributed by atoms with Crippen LogP contribution in [0, 0.1) is 0 Å². The molecule has 0 saturated heterocycles. The summed E-state index contributed by atoms with van der Waals surface area (Å²) in [5.41, 5.74) is 13.0. The third-order valence-electron chi connectivity index (χ3n) is 10.7. The molecule has 9 aromatic carbocycles. The van der Waals surface area contributed by atoms with Gasteiger partial charge in [0, 0.05) is 32.3 Å². The Morgan fingerprint density at radius 2 is 0.558 bits per heavy atom. The molecule has 2 heteroatoms. The van der Waals surface area contributed by atoms with Crippen LogP contribution in [0.5, 0.6) is 0 Å². The fraction of sp³-hybridized carbons (Fsp3) is 0. The molecule has 0 amide bonds. The average molecular weight is 663 g/mol. The van der Waals surface area contributed by atoms with Gasteiger partial charge in [0.05, 0.1) is 0 Å². The average Bonchev–Trinajstić information content (AvgIpc) is 3.22. The monoisotopic (exact) mass is 662 g/mol. The van der Waals surface area contributed by atoms with Crippen molar-refractivity contribution in [1.82, 2.24) is 0 Å². The van der Waals surface area contributed by atoms with Gasteiger partial charge in [-0.05, 0) is 91.7 Å². The number of hydrogen-bond donors (Lipinski definition) is 0. The highest BCUT2D eigenvalue weighted by atomic mass is 16.3. The van der Waals surface area contributed by atoms with Gasteiger partial charge in [-0.2, -0.15) is 0 Å². The van der Waals surface area contributed by atoms with Gasteiger partial charge in [0.2, 0.25) is 0 Å². The third-order valence-corrected chi connectivity index (χ3v) is 10.7. The van der Waals surface area contributed by atoms with Gasteiger partial charge in [-0.15, -0.1) is 0 Å². The lowest BCUT2D eigenvalue weighted by Crippen LogP contribution is -1.91. The Morgan fingerprint density at radius 3 is 0.962 bits per heavy atom. The molecule has 0 fully saturated rings. The summed E-state index contributed by atoms with van der Waals surface area (Å²) in [5, 5.41) is 9.16. The predicted octanol–water partition coefficient (Wildman–Crippen LogP) is 14.5. The van der Waals surface area contributed by atoms with E-state index in [2.05, 4.69) is 182 Å². The zero-order valence-corrected chi connectivity index (χ0v) is 28.1. The number of hydrogen-bond acceptors (Lipinski definition) is 2. The van der Waals surface area contributed by atoms with Crippen LogP contribution in [0.25, 0.3) is 110 Å². The fourth-order valence-electron chi connectivity index (χ4n) is 8.19. The lowest BCUT2D eigenvalue weighted by molar-refractivity contribution is 0.661. The summed E-state index contributed by atoms with van der Waals surface area (Å²) >= 11 is 0. The van der Waals surface area contributed by atoms with E-state index in [9.17, 15) is 0 Å². The molecular formula is C50H30O2. The van der Waals surface area contributed by atoms with E-state index in [1.165, 1.54) is 44.2 Å². The maximum Gasteiger partial charge on any atom is 0.135 e. The van der Waals surface area contributed by atoms with Crippen LogP contribution in [0.4, 0.5) is 0 Å². The Bertz CT molecular complexity index is 2910. The third kappa shape index (κ3) is 4.44. The van der Waals surface area contributed by atoms with Crippen LogP contribution in [-0.2, 0) is 0 Å². The Morgan fingerprint density at radius 1 is 0.212 bits per heavy atom. The summed E-state index contributed by atoms with van der Waals surface area (Å²) in [7, 11) is 0. The van der Waals surface area contributed by atoms with Crippen molar-refractivity contribution in [3.8, 4) is 44.5 Å². The topological polar surface area (TPSA) is 26.3 Å². The minimum atomic E-state index is 0.865. The molecule has 0 bridgehead atoms. The summed E-state index contributed by atoms with van der Waals surface area (Å²) in [6.07, 6.45) is 0. The lowest BCUT2D eigenvalue weighted by Gasteiger charge is -2.17. The first kappa shape index (κ1) is 28.9. The van der Waals surface area contributed by atoms with E-state index >= 15 is 0 Å². The maximum absolute atomic E-state index is 6.71. The van der Waals surface area contributed by atoms with Gasteiger partial charge in [0.1, 0.15) is 22.3 Å². The Labute approximate surface area is 299 Å². The molecule has 0 aliphatic carbocycles. The first-order valence-corrected chi connectivity index (χ1v) is 17.7. The van der Waals surface area contributed by atoms with Crippen molar-refractivity contribution in [2.45, 2.75) is 0 Å². The largest absolute Gasteiger partial charge is 0.456 e. The summed E-state index contributed by atoms with van der Waals surface area (Å²) in [5.74, 6) is 0. The highest BCUT2D eigenvalue weighted by Gasteiger charge is 2.21. The van der Waals surface area contributed by atoms with Crippen molar-refractivity contribution in [2.75, 3.05) is 0 Å². The fourth-order valence-corrected chi connectivity index (χ4v) is 8.19. The summed E-state index contributed by atoms with van der Waals surface area (Å²) in [4.78, 5) is 0. The molecule has 2 heterocycles. The van der Waals surface area contributed by atoms with Gasteiger partial charge in [-0.25, -0.2) is 0 Å². The minimum Gasteiger partial charge on any atom is -0.456 e. The van der Waals surface area contributed by atoms with Gasteiger partial charge >= 0.3 is 0 Å². The standard InChI is InChI=1S/C50H30O2/c1-3-9-31(10-4-1)33-17-21-35(22-18-33)37-25-27-43-41(29-37)47-39-13-7-16-46-50(39)48(40-14-8-15-45(51-43)49(40)47)42-30-38(26-28-44(42)52-46)36-23-19-34(20-24-36)32-11-5-2-6-12-32/h1-30H. The molecule has 52 heavy (non-hydrogen) atoms. The molecule has 0 aliphatic rings. The molecule has 11 aromatic rings. The Balaban J connectivity index is 1.14. The van der Waals surface area contributed by atoms with Crippen molar-refractivity contribution < 1.29 is 8.83 Å². The smallest absolute Gasteiger partial charge is 0.135 e. The summed E-state index contributed by atoms with van der Waals surface area (Å²) < 4.78 is 13.4. The number of rotatable bonds is 4. The van der Waals surface area contributed by atoms with E-state index in [1.54, 1.807) is 0 Å². The highest BCUT2D eigenvalue weighted by molar-refractivity contribution is 6.39. The SMILES string of the molecule is c1ccc(-c2ccc(-c3ccc4oc5cccc6c5c(c4c3)c3cccc4oc5ccc(-c7ccc(-c8ccccc8)cc7)cc5c6c43)cc2)cc1. The second-order valence-corrected chi connectivity index (χ2v) is 13.6. The molecular weight excluding hydrogens is 633 g/mol. The van der Waals surface area contributed by atoms with Crippen molar-refractivity contribution in [1.29, 1.82) is 0 Å². The first-order chi connectivity index (χ1) is 25.8. The van der Waals surface area contributed by atoms with Gasteiger partial charge in [-0.1, -0.05) is 146 Å². The normalized spacial score (nSPS) is 11.8. The second kappa shape index (κ2) is 11.3. The molecule has 0 atom stereocenters. The van der Waals surface area contributed by atoms with E-state index in [-0.39, 0.29) is 0 Å². The number of fused-ring (bicyclic) bond motifs is 6. The van der Waals surface area contributed by atoms with Crippen LogP contribution in [-0.4, -0.2) is 0 Å². The molecule has 2 nitrogen and oxygen atoms in total. The van der Waals surface area contributed by atoms with Crippen LogP contribution >= 0.6 is 0 Å². The second-order valence-electron chi connectivity index (χ2n) is 13.6. The van der Waals surface area contributed by atoms with E-state index in [4.69, 9.17) is 8.83 Å². The molecule has 0 N–H and O–H groups in total. The van der Waals surface area contributed by atoms with Gasteiger partial charge < -0.3 is 8.83 Å². The maximum atomic E-state index is 6.71. The molecule has 2 aromatic heterocycles. The van der Waals surface area contributed by atoms with E-state index in [0.29, 0.717) is 0 Å². The van der Waals surface area contributed by atoms with Gasteiger partial charge in [-0.3, -0.25) is 0 Å². The predicted molar refractivity (Wildman–Crippen MR) is 218 cm³/mol. The van der Waals surface area contributed by atoms with Crippen LogP contribution in [0.3, 0.4) is 0 Å². The first-order valence-electron chi connectivity index (χ1n) is 17.7. The molecule has 0 saturated carbocycles. The zero-order valence-electron chi connectivity index (χ0n) is 28.1. The quantitative estimate of drug-likeness (QED) is 0.138. The molecule has 0 radical (unpaired) electrons. The van der Waals surface area contributed by atoms with E-state index in [0.717, 1.165) is 65.8 Å². The molecule has 242 valence electrons. The molecule has 0 aliphatic heterocycles.